The fourth-order valence-electron chi connectivity index (χ4n) is 1.38. The minimum Gasteiger partial charge on any atom is -0.303 e. The van der Waals surface area contributed by atoms with Crippen molar-refractivity contribution in [1.82, 2.24) is 0 Å². The second-order valence-electron chi connectivity index (χ2n) is 4.45. The van der Waals surface area contributed by atoms with Crippen molar-refractivity contribution in [3.05, 3.63) is 0 Å². The van der Waals surface area contributed by atoms with E-state index in [0.717, 1.165) is 19.1 Å². The van der Waals surface area contributed by atoms with Crippen molar-refractivity contribution in [1.29, 1.82) is 0 Å². The molecule has 14 heavy (non-hydrogen) atoms. The summed E-state index contributed by atoms with van der Waals surface area (Å²) in [5.74, 6) is 0.456. The van der Waals surface area contributed by atoms with E-state index >= 15 is 0 Å². The first-order valence-corrected chi connectivity index (χ1v) is 5.50. The molecule has 82 valence electrons. The third kappa shape index (κ3) is 4.54. The second kappa shape index (κ2) is 6.74. The Hall–Kier alpha value is -0.660. The number of Topliss-reactive ketones (excluding diaryl/α,β-unsaturated/α-hetero) is 1. The molecule has 0 amide bonds. The van der Waals surface area contributed by atoms with Crippen LogP contribution in [0.2, 0.25) is 0 Å². The molecule has 0 aliphatic heterocycles. The Morgan fingerprint density at radius 1 is 1.29 bits per heavy atom. The van der Waals surface area contributed by atoms with E-state index in [0.29, 0.717) is 12.3 Å². The van der Waals surface area contributed by atoms with Crippen LogP contribution in [0.1, 0.15) is 47.0 Å². The Labute approximate surface area is 87.1 Å². The zero-order chi connectivity index (χ0) is 11.1. The van der Waals surface area contributed by atoms with E-state index in [1.165, 1.54) is 0 Å². The molecule has 2 atom stereocenters. The van der Waals surface area contributed by atoms with E-state index in [1.54, 1.807) is 0 Å². The van der Waals surface area contributed by atoms with Gasteiger partial charge in [0.2, 0.25) is 0 Å². The Balaban J connectivity index is 4.11. The number of aldehydes is 1. The van der Waals surface area contributed by atoms with Crippen molar-refractivity contribution in [3.8, 4) is 0 Å². The average Bonchev–Trinajstić information content (AvgIpc) is 2.15. The monoisotopic (exact) mass is 198 g/mol. The van der Waals surface area contributed by atoms with Crippen LogP contribution in [0.15, 0.2) is 0 Å². The van der Waals surface area contributed by atoms with Gasteiger partial charge >= 0.3 is 0 Å². The molecule has 0 bridgehead atoms. The van der Waals surface area contributed by atoms with Crippen molar-refractivity contribution in [3.63, 3.8) is 0 Å². The van der Waals surface area contributed by atoms with Crippen LogP contribution in [-0.4, -0.2) is 12.1 Å². The van der Waals surface area contributed by atoms with E-state index in [-0.39, 0.29) is 17.6 Å². The van der Waals surface area contributed by atoms with Crippen LogP contribution < -0.4 is 0 Å². The molecule has 2 unspecified atom stereocenters. The molecule has 0 N–H and O–H groups in total. The molecule has 2 nitrogen and oxygen atoms in total. The third-order valence-corrected chi connectivity index (χ3v) is 2.74. The van der Waals surface area contributed by atoms with Gasteiger partial charge in [0.05, 0.1) is 5.92 Å². The van der Waals surface area contributed by atoms with Gasteiger partial charge in [0.1, 0.15) is 12.1 Å². The molecule has 0 spiro atoms. The number of rotatable bonds is 7. The van der Waals surface area contributed by atoms with E-state index in [2.05, 4.69) is 13.8 Å². The average molecular weight is 198 g/mol. The summed E-state index contributed by atoms with van der Waals surface area (Å²) in [7, 11) is 0. The second-order valence-corrected chi connectivity index (χ2v) is 4.45. The minimum atomic E-state index is -0.376. The molecule has 0 saturated carbocycles. The number of carbonyl (C=O) groups is 2. The first kappa shape index (κ1) is 13.3. The van der Waals surface area contributed by atoms with Gasteiger partial charge in [-0.15, -0.1) is 0 Å². The summed E-state index contributed by atoms with van der Waals surface area (Å²) in [6.07, 6.45) is 3.14. The zero-order valence-corrected chi connectivity index (χ0v) is 9.75. The highest BCUT2D eigenvalue weighted by atomic mass is 16.1. The highest BCUT2D eigenvalue weighted by Crippen LogP contribution is 2.17. The van der Waals surface area contributed by atoms with Crippen molar-refractivity contribution in [2.75, 3.05) is 0 Å². The van der Waals surface area contributed by atoms with Crippen LogP contribution >= 0.6 is 0 Å². The van der Waals surface area contributed by atoms with Crippen LogP contribution in [0, 0.1) is 17.8 Å². The number of ketones is 1. The molecule has 0 saturated heterocycles. The van der Waals surface area contributed by atoms with Crippen molar-refractivity contribution in [2.45, 2.75) is 47.0 Å². The van der Waals surface area contributed by atoms with E-state index in [4.69, 9.17) is 0 Å². The van der Waals surface area contributed by atoms with Crippen LogP contribution in [-0.2, 0) is 9.59 Å². The van der Waals surface area contributed by atoms with Gasteiger partial charge in [0.25, 0.3) is 0 Å². The molecule has 2 heteroatoms. The van der Waals surface area contributed by atoms with Crippen molar-refractivity contribution >= 4 is 12.1 Å². The summed E-state index contributed by atoms with van der Waals surface area (Å²) < 4.78 is 0. The predicted octanol–water partition coefficient (Wildman–Crippen LogP) is 2.85. The summed E-state index contributed by atoms with van der Waals surface area (Å²) in [5, 5.41) is 0. The van der Waals surface area contributed by atoms with Crippen LogP contribution in [0.4, 0.5) is 0 Å². The Bertz CT molecular complexity index is 185. The molecule has 0 aliphatic carbocycles. The maximum atomic E-state index is 11.6. The molecular weight excluding hydrogens is 176 g/mol. The number of hydrogen-bond donors (Lipinski definition) is 0. The first-order valence-electron chi connectivity index (χ1n) is 5.50. The molecular formula is C12H22O2. The normalized spacial score (nSPS) is 15.2. The van der Waals surface area contributed by atoms with Gasteiger partial charge in [-0.25, -0.2) is 0 Å². The Morgan fingerprint density at radius 2 is 1.86 bits per heavy atom. The fraction of sp³-hybridized carbons (Fsp3) is 0.833. The van der Waals surface area contributed by atoms with Gasteiger partial charge in [-0.1, -0.05) is 34.1 Å². The number of carbonyl (C=O) groups excluding carboxylic acids is 2. The summed E-state index contributed by atoms with van der Waals surface area (Å²) in [6.45, 7) is 8.15. The lowest BCUT2D eigenvalue weighted by Crippen LogP contribution is -2.23. The minimum absolute atomic E-state index is 0.114. The topological polar surface area (TPSA) is 34.1 Å². The lowest BCUT2D eigenvalue weighted by Gasteiger charge is -2.16. The van der Waals surface area contributed by atoms with Gasteiger partial charge in [-0.3, -0.25) is 4.79 Å². The quantitative estimate of drug-likeness (QED) is 0.465. The van der Waals surface area contributed by atoms with Crippen LogP contribution in [0.5, 0.6) is 0 Å². The lowest BCUT2D eigenvalue weighted by atomic mass is 9.87. The summed E-state index contributed by atoms with van der Waals surface area (Å²) in [5.41, 5.74) is 0. The first-order chi connectivity index (χ1) is 6.52. The summed E-state index contributed by atoms with van der Waals surface area (Å²) in [4.78, 5) is 22.4. The molecule has 0 heterocycles. The molecule has 0 rings (SSSR count). The standard InChI is InChI=1S/C12H22O2/c1-5-10(4)11(8-13)12(14)7-6-9(2)3/h8-11H,5-7H2,1-4H3. The summed E-state index contributed by atoms with van der Waals surface area (Å²) >= 11 is 0. The van der Waals surface area contributed by atoms with E-state index in [1.807, 2.05) is 13.8 Å². The molecule has 0 radical (unpaired) electrons. The van der Waals surface area contributed by atoms with E-state index < -0.39 is 0 Å². The van der Waals surface area contributed by atoms with Crippen LogP contribution in [0.3, 0.4) is 0 Å². The molecule has 0 aliphatic rings. The highest BCUT2D eigenvalue weighted by Gasteiger charge is 2.22. The SMILES string of the molecule is CCC(C)C(C=O)C(=O)CCC(C)C. The maximum Gasteiger partial charge on any atom is 0.143 e. The zero-order valence-electron chi connectivity index (χ0n) is 9.75. The largest absolute Gasteiger partial charge is 0.303 e. The van der Waals surface area contributed by atoms with Gasteiger partial charge < -0.3 is 4.79 Å². The molecule has 0 aromatic rings. The molecule has 0 aromatic carbocycles. The Morgan fingerprint density at radius 3 is 2.21 bits per heavy atom. The Kier molecular flexibility index (Phi) is 6.43. The van der Waals surface area contributed by atoms with Crippen molar-refractivity contribution in [2.24, 2.45) is 17.8 Å². The molecule has 0 fully saturated rings. The maximum absolute atomic E-state index is 11.6. The highest BCUT2D eigenvalue weighted by molar-refractivity contribution is 5.93. The number of hydrogen-bond acceptors (Lipinski definition) is 2. The predicted molar refractivity (Wildman–Crippen MR) is 58.1 cm³/mol. The van der Waals surface area contributed by atoms with Crippen LogP contribution in [0.25, 0.3) is 0 Å². The van der Waals surface area contributed by atoms with Crippen molar-refractivity contribution < 1.29 is 9.59 Å². The lowest BCUT2D eigenvalue weighted by molar-refractivity contribution is -0.129. The smallest absolute Gasteiger partial charge is 0.143 e. The van der Waals surface area contributed by atoms with Gasteiger partial charge in [-0.05, 0) is 18.3 Å². The molecule has 0 aromatic heterocycles. The van der Waals surface area contributed by atoms with Gasteiger partial charge in [-0.2, -0.15) is 0 Å². The van der Waals surface area contributed by atoms with E-state index in [9.17, 15) is 9.59 Å². The summed E-state index contributed by atoms with van der Waals surface area (Å²) in [6, 6.07) is 0. The van der Waals surface area contributed by atoms with Gasteiger partial charge in [0.15, 0.2) is 0 Å². The third-order valence-electron chi connectivity index (χ3n) is 2.74. The van der Waals surface area contributed by atoms with Gasteiger partial charge in [0, 0.05) is 6.42 Å². The fourth-order valence-corrected chi connectivity index (χ4v) is 1.38.